The molecule has 1 aromatic carbocycles. The van der Waals surface area contributed by atoms with Crippen LogP contribution in [0.25, 0.3) is 0 Å². The molecule has 1 N–H and O–H groups in total. The first-order valence-electron chi connectivity index (χ1n) is 10.9. The van der Waals surface area contributed by atoms with Gasteiger partial charge >= 0.3 is 0 Å². The Labute approximate surface area is 191 Å². The molecular formula is C24H28INO4. The van der Waals surface area contributed by atoms with E-state index in [1.807, 2.05) is 19.1 Å². The molecule has 0 saturated heterocycles. The molecule has 0 aromatic heterocycles. The van der Waals surface area contributed by atoms with E-state index in [1.54, 1.807) is 0 Å². The maximum absolute atomic E-state index is 13.2. The number of carbonyl (C=O) groups is 2. The molecule has 0 bridgehead atoms. The van der Waals surface area contributed by atoms with Crippen molar-refractivity contribution in [3.05, 3.63) is 43.8 Å². The van der Waals surface area contributed by atoms with Crippen LogP contribution in [0.2, 0.25) is 0 Å². The number of halogens is 1. The Morgan fingerprint density at radius 3 is 2.17 bits per heavy atom. The van der Waals surface area contributed by atoms with E-state index in [0.717, 1.165) is 66.8 Å². The number of benzene rings is 1. The molecule has 0 spiro atoms. The summed E-state index contributed by atoms with van der Waals surface area (Å²) >= 11 is 2.09. The predicted octanol–water partition coefficient (Wildman–Crippen LogP) is 5.22. The molecule has 2 aliphatic carbocycles. The van der Waals surface area contributed by atoms with Crippen LogP contribution in [0.15, 0.2) is 34.7 Å². The second-order valence-electron chi connectivity index (χ2n) is 8.14. The minimum atomic E-state index is -0.364. The van der Waals surface area contributed by atoms with E-state index in [2.05, 4.69) is 34.4 Å². The maximum atomic E-state index is 13.2. The second kappa shape index (κ2) is 8.73. The summed E-state index contributed by atoms with van der Waals surface area (Å²) in [6.45, 7) is 5.28. The molecule has 0 fully saturated rings. The zero-order chi connectivity index (χ0) is 21.4. The van der Waals surface area contributed by atoms with E-state index in [9.17, 15) is 14.7 Å². The molecule has 1 heterocycles. The number of hydrogen-bond donors (Lipinski definition) is 1. The number of nitrogens with zero attached hydrogens (tertiary/aromatic N) is 1. The molecule has 1 aliphatic heterocycles. The molecule has 3 aliphatic rings. The summed E-state index contributed by atoms with van der Waals surface area (Å²) in [6.07, 6.45) is 5.48. The summed E-state index contributed by atoms with van der Waals surface area (Å²) in [6, 6.07) is 3.72. The van der Waals surface area contributed by atoms with Gasteiger partial charge in [0, 0.05) is 47.8 Å². The Morgan fingerprint density at radius 1 is 1.03 bits per heavy atom. The van der Waals surface area contributed by atoms with Gasteiger partial charge in [-0.25, -0.2) is 0 Å². The quantitative estimate of drug-likeness (QED) is 0.539. The van der Waals surface area contributed by atoms with Gasteiger partial charge in [-0.05, 0) is 79.3 Å². The van der Waals surface area contributed by atoms with Crippen molar-refractivity contribution in [1.29, 1.82) is 0 Å². The molecule has 1 aromatic rings. The molecule has 30 heavy (non-hydrogen) atoms. The molecule has 0 saturated carbocycles. The number of hydrogen-bond acceptors (Lipinski definition) is 5. The van der Waals surface area contributed by atoms with Gasteiger partial charge in [0.05, 0.1) is 10.2 Å². The number of ketones is 2. The number of phenols is 1. The molecule has 6 heteroatoms. The number of allylic oxidation sites excluding steroid dienone is 4. The molecule has 160 valence electrons. The topological polar surface area (TPSA) is 66.8 Å². The van der Waals surface area contributed by atoms with E-state index in [0.29, 0.717) is 28.8 Å². The van der Waals surface area contributed by atoms with Crippen molar-refractivity contribution >= 4 is 34.2 Å². The molecule has 0 amide bonds. The van der Waals surface area contributed by atoms with Gasteiger partial charge in [0.1, 0.15) is 0 Å². The number of Topliss-reactive ketones (excluding diaryl/α,β-unsaturated/α-hetero) is 2. The molecule has 0 radical (unpaired) electrons. The van der Waals surface area contributed by atoms with Gasteiger partial charge in [-0.1, -0.05) is 6.92 Å². The van der Waals surface area contributed by atoms with Gasteiger partial charge in [0.2, 0.25) is 0 Å². The van der Waals surface area contributed by atoms with Crippen LogP contribution in [0.3, 0.4) is 0 Å². The van der Waals surface area contributed by atoms with Gasteiger partial charge < -0.3 is 14.7 Å². The first-order chi connectivity index (χ1) is 14.5. The summed E-state index contributed by atoms with van der Waals surface area (Å²) in [5, 5.41) is 10.4. The highest BCUT2D eigenvalue weighted by atomic mass is 127. The van der Waals surface area contributed by atoms with Crippen molar-refractivity contribution in [2.45, 2.75) is 64.7 Å². The predicted molar refractivity (Wildman–Crippen MR) is 123 cm³/mol. The molecular weight excluding hydrogens is 493 g/mol. The lowest BCUT2D eigenvalue weighted by molar-refractivity contribution is -0.117. The minimum Gasteiger partial charge on any atom is -0.504 e. The van der Waals surface area contributed by atoms with E-state index < -0.39 is 0 Å². The number of phenolic OH excluding ortho intramolecular Hbond substituents is 1. The summed E-state index contributed by atoms with van der Waals surface area (Å²) in [5.74, 6) is 0.447. The van der Waals surface area contributed by atoms with E-state index in [-0.39, 0.29) is 23.2 Å². The van der Waals surface area contributed by atoms with Crippen molar-refractivity contribution in [3.63, 3.8) is 0 Å². The van der Waals surface area contributed by atoms with Crippen LogP contribution < -0.4 is 4.74 Å². The van der Waals surface area contributed by atoms with Crippen LogP contribution >= 0.6 is 22.6 Å². The SMILES string of the molecule is CCCN1C2=C(C(=O)CCC2)C(c2cc(I)c(O)c(OCC)c2)C2=C1CCCC2=O. The first-order valence-corrected chi connectivity index (χ1v) is 12.0. The van der Waals surface area contributed by atoms with Gasteiger partial charge in [-0.2, -0.15) is 0 Å². The Balaban J connectivity index is 1.96. The largest absolute Gasteiger partial charge is 0.504 e. The Hall–Kier alpha value is -1.83. The van der Waals surface area contributed by atoms with Crippen LogP contribution in [-0.2, 0) is 9.59 Å². The molecule has 0 atom stereocenters. The van der Waals surface area contributed by atoms with E-state index >= 15 is 0 Å². The van der Waals surface area contributed by atoms with E-state index in [4.69, 9.17) is 4.74 Å². The van der Waals surface area contributed by atoms with Gasteiger partial charge in [-0.3, -0.25) is 9.59 Å². The van der Waals surface area contributed by atoms with Crippen molar-refractivity contribution in [1.82, 2.24) is 4.90 Å². The Kier molecular flexibility index (Phi) is 6.23. The molecule has 4 rings (SSSR count). The van der Waals surface area contributed by atoms with Crippen molar-refractivity contribution < 1.29 is 19.4 Å². The number of ether oxygens (including phenoxy) is 1. The van der Waals surface area contributed by atoms with Crippen LogP contribution in [-0.4, -0.2) is 34.7 Å². The normalized spacial score (nSPS) is 19.9. The van der Waals surface area contributed by atoms with Crippen LogP contribution in [0.1, 0.15) is 70.3 Å². The minimum absolute atomic E-state index is 0.109. The van der Waals surface area contributed by atoms with Gasteiger partial charge in [-0.15, -0.1) is 0 Å². The lowest BCUT2D eigenvalue weighted by Gasteiger charge is -2.44. The van der Waals surface area contributed by atoms with Gasteiger partial charge in [0.15, 0.2) is 23.1 Å². The van der Waals surface area contributed by atoms with Crippen molar-refractivity contribution in [2.24, 2.45) is 0 Å². The average molecular weight is 521 g/mol. The Morgan fingerprint density at radius 2 is 1.63 bits per heavy atom. The van der Waals surface area contributed by atoms with Crippen LogP contribution in [0.5, 0.6) is 11.5 Å². The number of aromatic hydroxyl groups is 1. The zero-order valence-electron chi connectivity index (χ0n) is 17.6. The monoisotopic (exact) mass is 521 g/mol. The summed E-state index contributed by atoms with van der Waals surface area (Å²) in [4.78, 5) is 28.7. The fraction of sp³-hybridized carbons (Fsp3) is 0.500. The smallest absolute Gasteiger partial charge is 0.171 e. The highest BCUT2D eigenvalue weighted by molar-refractivity contribution is 14.1. The first kappa shape index (κ1) is 21.4. The van der Waals surface area contributed by atoms with Crippen LogP contribution in [0.4, 0.5) is 0 Å². The zero-order valence-corrected chi connectivity index (χ0v) is 19.8. The number of carbonyl (C=O) groups excluding carboxylic acids is 2. The standard InChI is InChI=1S/C24H28INO4/c1-3-11-26-16-7-5-9-18(27)22(16)21(23-17(26)8-6-10-19(23)28)14-12-15(25)24(29)20(13-14)30-4-2/h12-13,21,29H,3-11H2,1-2H3. The Bertz CT molecular complexity index is 918. The highest BCUT2D eigenvalue weighted by Gasteiger charge is 2.43. The summed E-state index contributed by atoms with van der Waals surface area (Å²) in [5.41, 5.74) is 4.64. The van der Waals surface area contributed by atoms with Gasteiger partial charge in [0.25, 0.3) is 0 Å². The average Bonchev–Trinajstić information content (AvgIpc) is 2.72. The lowest BCUT2D eigenvalue weighted by atomic mass is 9.71. The summed E-state index contributed by atoms with van der Waals surface area (Å²) in [7, 11) is 0. The van der Waals surface area contributed by atoms with E-state index in [1.165, 1.54) is 0 Å². The third-order valence-corrected chi connectivity index (χ3v) is 7.04. The van der Waals surface area contributed by atoms with Crippen molar-refractivity contribution in [2.75, 3.05) is 13.2 Å². The second-order valence-corrected chi connectivity index (χ2v) is 9.30. The highest BCUT2D eigenvalue weighted by Crippen LogP contribution is 2.50. The van der Waals surface area contributed by atoms with Crippen molar-refractivity contribution in [3.8, 4) is 11.5 Å². The third-order valence-electron chi connectivity index (χ3n) is 6.22. The fourth-order valence-electron chi connectivity index (χ4n) is 5.07. The molecule has 5 nitrogen and oxygen atoms in total. The molecule has 0 unspecified atom stereocenters. The maximum Gasteiger partial charge on any atom is 0.171 e. The van der Waals surface area contributed by atoms with Crippen LogP contribution in [0, 0.1) is 3.57 Å². The fourth-order valence-corrected chi connectivity index (χ4v) is 5.69. The summed E-state index contributed by atoms with van der Waals surface area (Å²) < 4.78 is 6.33. The number of rotatable bonds is 5. The third kappa shape index (κ3) is 3.57. The lowest BCUT2D eigenvalue weighted by Crippen LogP contribution is -2.39.